The molecule has 204 valence electrons. The van der Waals surface area contributed by atoms with E-state index in [-0.39, 0.29) is 36.3 Å². The fourth-order valence-electron chi connectivity index (χ4n) is 4.82. The van der Waals surface area contributed by atoms with Crippen LogP contribution in [-0.2, 0) is 42.6 Å². The van der Waals surface area contributed by atoms with Crippen LogP contribution in [-0.4, -0.2) is 39.3 Å². The van der Waals surface area contributed by atoms with Crippen molar-refractivity contribution in [1.29, 1.82) is 0 Å². The van der Waals surface area contributed by atoms with E-state index in [1.807, 2.05) is 6.07 Å². The molecule has 2 atom stereocenters. The van der Waals surface area contributed by atoms with E-state index in [2.05, 4.69) is 0 Å². The van der Waals surface area contributed by atoms with E-state index in [4.69, 9.17) is 29.7 Å². The van der Waals surface area contributed by atoms with Crippen molar-refractivity contribution in [3.05, 3.63) is 57.4 Å². The van der Waals surface area contributed by atoms with Crippen molar-refractivity contribution in [1.82, 2.24) is 9.55 Å². The number of ether oxygens (including phenoxy) is 4. The van der Waals surface area contributed by atoms with Crippen LogP contribution in [0.4, 0.5) is 4.79 Å². The number of esters is 2. The minimum atomic E-state index is -1.79. The highest BCUT2D eigenvalue weighted by molar-refractivity contribution is 5.89. The predicted octanol–water partition coefficient (Wildman–Crippen LogP) is 3.29. The Kier molecular flexibility index (Phi) is 6.21. The highest BCUT2D eigenvalue weighted by atomic mass is 16.7. The van der Waals surface area contributed by atoms with Crippen LogP contribution in [0.5, 0.6) is 5.75 Å². The standard InChI is InChI=1S/C28H29N3O8/c1-6-28(38-24(33)14(2)29)19-11-21-22-16(12-31(21)23(32)18(19)13-36-25(28)34)9-15-10-17(7-8-20(15)30-22)37-26(35)39-27(3,4)5/h7-11,14H,6,12-13,29H2,1-5H3/t14-,28-/m0/s1. The third-order valence-electron chi connectivity index (χ3n) is 6.68. The van der Waals surface area contributed by atoms with Crippen LogP contribution in [0.3, 0.4) is 0 Å². The summed E-state index contributed by atoms with van der Waals surface area (Å²) >= 11 is 0. The van der Waals surface area contributed by atoms with Gasteiger partial charge in [0.1, 0.15) is 24.0 Å². The summed E-state index contributed by atoms with van der Waals surface area (Å²) < 4.78 is 23.0. The minimum Gasteiger partial charge on any atom is -0.457 e. The summed E-state index contributed by atoms with van der Waals surface area (Å²) in [6.45, 7) is 8.36. The number of pyridine rings is 2. The Morgan fingerprint density at radius 1 is 1.21 bits per heavy atom. The number of fused-ring (bicyclic) bond motifs is 5. The van der Waals surface area contributed by atoms with Gasteiger partial charge in [-0.25, -0.2) is 14.6 Å². The zero-order chi connectivity index (χ0) is 28.3. The van der Waals surface area contributed by atoms with E-state index in [9.17, 15) is 19.2 Å². The monoisotopic (exact) mass is 535 g/mol. The average molecular weight is 536 g/mol. The molecular formula is C28H29N3O8. The second-order valence-electron chi connectivity index (χ2n) is 10.7. The van der Waals surface area contributed by atoms with Gasteiger partial charge in [-0.2, -0.15) is 0 Å². The first-order chi connectivity index (χ1) is 18.3. The molecule has 39 heavy (non-hydrogen) atoms. The van der Waals surface area contributed by atoms with Crippen LogP contribution in [0, 0.1) is 0 Å². The zero-order valence-corrected chi connectivity index (χ0v) is 22.3. The van der Waals surface area contributed by atoms with Gasteiger partial charge < -0.3 is 29.2 Å². The average Bonchev–Trinajstić information content (AvgIpc) is 3.21. The summed E-state index contributed by atoms with van der Waals surface area (Å²) in [6, 6.07) is 7.56. The first-order valence-corrected chi connectivity index (χ1v) is 12.6. The van der Waals surface area contributed by atoms with Gasteiger partial charge in [0.05, 0.1) is 29.0 Å². The number of hydrogen-bond donors (Lipinski definition) is 1. The summed E-state index contributed by atoms with van der Waals surface area (Å²) in [5.74, 6) is -1.24. The smallest absolute Gasteiger partial charge is 0.457 e. The SMILES string of the molecule is CC[C@@]1(OC(=O)[C@H](C)N)C(=O)OCc2c1cc1n(c2=O)Cc2cc3cc(OC(=O)OC(C)(C)C)ccc3nc2-1. The highest BCUT2D eigenvalue weighted by Gasteiger charge is 2.50. The van der Waals surface area contributed by atoms with E-state index >= 15 is 0 Å². The van der Waals surface area contributed by atoms with E-state index in [1.165, 1.54) is 6.92 Å². The van der Waals surface area contributed by atoms with Gasteiger partial charge in [-0.05, 0) is 64.4 Å². The van der Waals surface area contributed by atoms with Gasteiger partial charge in [-0.3, -0.25) is 9.59 Å². The maximum absolute atomic E-state index is 13.6. The van der Waals surface area contributed by atoms with Crippen molar-refractivity contribution in [2.24, 2.45) is 5.73 Å². The molecule has 11 heteroatoms. The molecule has 0 saturated heterocycles. The largest absolute Gasteiger partial charge is 0.514 e. The number of nitrogens with two attached hydrogens (primary N) is 1. The topological polar surface area (TPSA) is 149 Å². The van der Waals surface area contributed by atoms with Gasteiger partial charge in [0.2, 0.25) is 5.60 Å². The molecule has 2 aromatic heterocycles. The molecule has 1 aromatic carbocycles. The molecule has 2 N–H and O–H groups in total. The second kappa shape index (κ2) is 9.19. The number of benzene rings is 1. The van der Waals surface area contributed by atoms with Gasteiger partial charge in [0.25, 0.3) is 5.56 Å². The Bertz CT molecular complexity index is 1600. The first-order valence-electron chi connectivity index (χ1n) is 12.6. The van der Waals surface area contributed by atoms with Gasteiger partial charge in [-0.15, -0.1) is 0 Å². The summed E-state index contributed by atoms with van der Waals surface area (Å²) in [5, 5.41) is 0.702. The fourth-order valence-corrected chi connectivity index (χ4v) is 4.82. The molecule has 11 nitrogen and oxygen atoms in total. The lowest BCUT2D eigenvalue weighted by Crippen LogP contribution is -2.49. The Balaban J connectivity index is 1.58. The van der Waals surface area contributed by atoms with Crippen LogP contribution in [0.15, 0.2) is 35.1 Å². The maximum atomic E-state index is 13.6. The van der Waals surface area contributed by atoms with Crippen LogP contribution in [0.2, 0.25) is 0 Å². The van der Waals surface area contributed by atoms with Crippen molar-refractivity contribution in [2.45, 2.75) is 71.4 Å². The Morgan fingerprint density at radius 2 is 1.95 bits per heavy atom. The quantitative estimate of drug-likeness (QED) is 0.234. The van der Waals surface area contributed by atoms with E-state index in [0.29, 0.717) is 28.0 Å². The number of hydrogen-bond acceptors (Lipinski definition) is 10. The highest BCUT2D eigenvalue weighted by Crippen LogP contribution is 2.41. The van der Waals surface area contributed by atoms with E-state index in [1.54, 1.807) is 56.5 Å². The fraction of sp³-hybridized carbons (Fsp3) is 0.393. The Hall–Kier alpha value is -4.25. The van der Waals surface area contributed by atoms with E-state index < -0.39 is 35.3 Å². The van der Waals surface area contributed by atoms with Crippen LogP contribution in [0.25, 0.3) is 22.3 Å². The van der Waals surface area contributed by atoms with Crippen molar-refractivity contribution < 1.29 is 33.3 Å². The van der Waals surface area contributed by atoms with Gasteiger partial charge in [0.15, 0.2) is 0 Å². The summed E-state index contributed by atoms with van der Waals surface area (Å²) in [7, 11) is 0. The van der Waals surface area contributed by atoms with Crippen LogP contribution < -0.4 is 16.0 Å². The number of aromatic nitrogens is 2. The van der Waals surface area contributed by atoms with E-state index in [0.717, 1.165) is 5.56 Å². The summed E-state index contributed by atoms with van der Waals surface area (Å²) in [6.07, 6.45) is -0.764. The Morgan fingerprint density at radius 3 is 2.62 bits per heavy atom. The Labute approximate surface area is 223 Å². The van der Waals surface area contributed by atoms with Gasteiger partial charge in [0, 0.05) is 16.5 Å². The maximum Gasteiger partial charge on any atom is 0.514 e. The van der Waals surface area contributed by atoms with Crippen molar-refractivity contribution in [2.75, 3.05) is 0 Å². The minimum absolute atomic E-state index is 0.0542. The molecule has 5 rings (SSSR count). The molecule has 0 amide bonds. The molecule has 0 spiro atoms. The molecule has 4 heterocycles. The van der Waals surface area contributed by atoms with Crippen LogP contribution >= 0.6 is 0 Å². The number of carbonyl (C=O) groups is 3. The zero-order valence-electron chi connectivity index (χ0n) is 22.3. The molecule has 3 aromatic rings. The van der Waals surface area contributed by atoms with Crippen LogP contribution in [0.1, 0.15) is 57.7 Å². The molecule has 2 aliphatic heterocycles. The van der Waals surface area contributed by atoms with Gasteiger partial charge >= 0.3 is 18.1 Å². The summed E-state index contributed by atoms with van der Waals surface area (Å²) in [5.41, 5.74) is 5.79. The normalized spacial score (nSPS) is 18.5. The third-order valence-corrected chi connectivity index (χ3v) is 6.68. The number of nitrogens with zero attached hydrogens (tertiary/aromatic N) is 2. The molecular weight excluding hydrogens is 506 g/mol. The molecule has 0 radical (unpaired) electrons. The molecule has 2 aliphatic rings. The number of cyclic esters (lactones) is 1. The molecule has 0 bridgehead atoms. The summed E-state index contributed by atoms with van der Waals surface area (Å²) in [4.78, 5) is 55.9. The first kappa shape index (κ1) is 26.4. The number of carbonyl (C=O) groups excluding carboxylic acids is 3. The lowest BCUT2D eigenvalue weighted by Gasteiger charge is -2.36. The molecule has 0 saturated carbocycles. The lowest BCUT2D eigenvalue weighted by molar-refractivity contribution is -0.190. The molecule has 0 unspecified atom stereocenters. The van der Waals surface area contributed by atoms with Crippen molar-refractivity contribution in [3.8, 4) is 17.1 Å². The predicted molar refractivity (Wildman–Crippen MR) is 139 cm³/mol. The van der Waals surface area contributed by atoms with Gasteiger partial charge in [-0.1, -0.05) is 6.92 Å². The van der Waals surface area contributed by atoms with Crippen molar-refractivity contribution >= 4 is 29.0 Å². The lowest BCUT2D eigenvalue weighted by atomic mass is 9.85. The second-order valence-corrected chi connectivity index (χ2v) is 10.7. The molecule has 0 fully saturated rings. The van der Waals surface area contributed by atoms with Crippen molar-refractivity contribution in [3.63, 3.8) is 0 Å². The third kappa shape index (κ3) is 4.52. The molecule has 0 aliphatic carbocycles. The number of rotatable bonds is 4.